The van der Waals surface area contributed by atoms with Crippen molar-refractivity contribution >= 4 is 54.3 Å². The average molecular weight is 477 g/mol. The maximum atomic E-state index is 12.4. The van der Waals surface area contributed by atoms with E-state index in [9.17, 15) is 8.42 Å². The average Bonchev–Trinajstić information content (AvgIpc) is 3.33. The van der Waals surface area contributed by atoms with Gasteiger partial charge in [-0.05, 0) is 40.2 Å². The van der Waals surface area contributed by atoms with Crippen LogP contribution in [0.5, 0.6) is 0 Å². The number of anilines is 1. The van der Waals surface area contributed by atoms with Crippen molar-refractivity contribution < 1.29 is 8.42 Å². The third kappa shape index (κ3) is 4.14. The highest BCUT2D eigenvalue weighted by atomic mass is 79.9. The maximum Gasteiger partial charge on any atom is 0.271 e. The smallest absolute Gasteiger partial charge is 0.271 e. The minimum absolute atomic E-state index is 0.269. The van der Waals surface area contributed by atoms with Gasteiger partial charge in [0.05, 0.1) is 9.48 Å². The van der Waals surface area contributed by atoms with Crippen LogP contribution in [0.1, 0.15) is 0 Å². The molecule has 0 aliphatic carbocycles. The first-order chi connectivity index (χ1) is 13.0. The van der Waals surface area contributed by atoms with Gasteiger partial charge in [0, 0.05) is 22.2 Å². The predicted octanol–water partition coefficient (Wildman–Crippen LogP) is 6.10. The fourth-order valence-electron chi connectivity index (χ4n) is 2.48. The van der Waals surface area contributed by atoms with Gasteiger partial charge >= 0.3 is 0 Å². The summed E-state index contributed by atoms with van der Waals surface area (Å²) in [5.41, 5.74) is 3.41. The van der Waals surface area contributed by atoms with Crippen LogP contribution in [-0.2, 0) is 10.0 Å². The van der Waals surface area contributed by atoms with E-state index in [1.54, 1.807) is 35.6 Å². The highest BCUT2D eigenvalue weighted by Crippen LogP contribution is 2.30. The Labute approximate surface area is 173 Å². The van der Waals surface area contributed by atoms with E-state index in [1.165, 1.54) is 11.3 Å². The van der Waals surface area contributed by atoms with E-state index >= 15 is 0 Å². The van der Waals surface area contributed by atoms with Crippen molar-refractivity contribution in [2.24, 2.45) is 0 Å². The number of thiazole rings is 1. The largest absolute Gasteiger partial charge is 0.279 e. The Kier molecular flexibility index (Phi) is 5.14. The standard InChI is InChI=1S/C19H13BrN2O2S3/c20-17-10-11-18(26-17)27(23,24)22-15-8-6-13(7-9-15)16-12-25-19(21-16)14-4-2-1-3-5-14/h1-12,22H. The first kappa shape index (κ1) is 18.4. The van der Waals surface area contributed by atoms with E-state index in [4.69, 9.17) is 0 Å². The summed E-state index contributed by atoms with van der Waals surface area (Å²) in [6, 6.07) is 20.5. The lowest BCUT2D eigenvalue weighted by molar-refractivity contribution is 0.603. The Morgan fingerprint density at radius 1 is 0.889 bits per heavy atom. The minimum atomic E-state index is -3.58. The molecule has 0 fully saturated rings. The lowest BCUT2D eigenvalue weighted by Crippen LogP contribution is -2.11. The van der Waals surface area contributed by atoms with Gasteiger partial charge in [0.1, 0.15) is 9.22 Å². The molecule has 2 heterocycles. The van der Waals surface area contributed by atoms with E-state index in [-0.39, 0.29) is 4.21 Å². The summed E-state index contributed by atoms with van der Waals surface area (Å²) >= 11 is 6.04. The molecular formula is C19H13BrN2O2S3. The van der Waals surface area contributed by atoms with Crippen LogP contribution in [0, 0.1) is 0 Å². The van der Waals surface area contributed by atoms with Crippen LogP contribution in [0.25, 0.3) is 21.8 Å². The van der Waals surface area contributed by atoms with Gasteiger partial charge in [-0.25, -0.2) is 13.4 Å². The molecule has 1 N–H and O–H groups in total. The fraction of sp³-hybridized carbons (Fsp3) is 0. The zero-order chi connectivity index (χ0) is 18.9. The Balaban J connectivity index is 1.54. The van der Waals surface area contributed by atoms with Crippen molar-refractivity contribution in [3.05, 3.63) is 75.9 Å². The molecule has 0 atom stereocenters. The summed E-state index contributed by atoms with van der Waals surface area (Å²) in [5, 5.41) is 2.96. The van der Waals surface area contributed by atoms with Crippen molar-refractivity contribution in [1.82, 2.24) is 4.98 Å². The van der Waals surface area contributed by atoms with Gasteiger partial charge in [-0.15, -0.1) is 22.7 Å². The molecule has 0 spiro atoms. The molecule has 0 radical (unpaired) electrons. The molecule has 0 aliphatic heterocycles. The molecule has 0 saturated heterocycles. The second kappa shape index (κ2) is 7.55. The number of thiophene rings is 1. The molecule has 8 heteroatoms. The molecule has 136 valence electrons. The Bertz CT molecular complexity index is 1170. The van der Waals surface area contributed by atoms with Gasteiger partial charge in [-0.3, -0.25) is 4.72 Å². The van der Waals surface area contributed by atoms with Crippen LogP contribution >= 0.6 is 38.6 Å². The molecule has 4 rings (SSSR count). The van der Waals surface area contributed by atoms with E-state index in [1.807, 2.05) is 47.8 Å². The molecule has 0 bridgehead atoms. The van der Waals surface area contributed by atoms with Gasteiger partial charge in [0.2, 0.25) is 0 Å². The van der Waals surface area contributed by atoms with Gasteiger partial charge in [-0.1, -0.05) is 42.5 Å². The van der Waals surface area contributed by atoms with Crippen molar-refractivity contribution in [3.8, 4) is 21.8 Å². The highest BCUT2D eigenvalue weighted by Gasteiger charge is 2.16. The number of sulfonamides is 1. The summed E-state index contributed by atoms with van der Waals surface area (Å²) in [6.45, 7) is 0. The minimum Gasteiger partial charge on any atom is -0.279 e. The maximum absolute atomic E-state index is 12.4. The zero-order valence-corrected chi connectivity index (χ0v) is 17.8. The van der Waals surface area contributed by atoms with Crippen LogP contribution in [0.3, 0.4) is 0 Å². The molecule has 0 aliphatic rings. The molecule has 0 saturated carbocycles. The molecule has 27 heavy (non-hydrogen) atoms. The lowest BCUT2D eigenvalue weighted by Gasteiger charge is -2.06. The monoisotopic (exact) mass is 476 g/mol. The van der Waals surface area contributed by atoms with Crippen LogP contribution in [0.4, 0.5) is 5.69 Å². The third-order valence-corrected chi connectivity index (χ3v) is 8.16. The Morgan fingerprint density at radius 3 is 2.30 bits per heavy atom. The van der Waals surface area contributed by atoms with Crippen LogP contribution in [0.2, 0.25) is 0 Å². The highest BCUT2D eigenvalue weighted by molar-refractivity contribution is 9.11. The number of hydrogen-bond donors (Lipinski definition) is 1. The van der Waals surface area contributed by atoms with E-state index in [0.29, 0.717) is 5.69 Å². The van der Waals surface area contributed by atoms with Crippen LogP contribution in [0.15, 0.2) is 80.1 Å². The van der Waals surface area contributed by atoms with Crippen molar-refractivity contribution in [2.45, 2.75) is 4.21 Å². The number of benzene rings is 2. The number of aromatic nitrogens is 1. The van der Waals surface area contributed by atoms with Crippen molar-refractivity contribution in [3.63, 3.8) is 0 Å². The van der Waals surface area contributed by atoms with Gasteiger partial charge in [0.25, 0.3) is 10.0 Å². The number of hydrogen-bond acceptors (Lipinski definition) is 5. The second-order valence-electron chi connectivity index (χ2n) is 5.65. The molecule has 4 nitrogen and oxygen atoms in total. The summed E-state index contributed by atoms with van der Waals surface area (Å²) < 4.78 is 28.4. The number of nitrogens with one attached hydrogen (secondary N) is 1. The van der Waals surface area contributed by atoms with Gasteiger partial charge in [-0.2, -0.15) is 0 Å². The van der Waals surface area contributed by atoms with Gasteiger partial charge < -0.3 is 0 Å². The molecule has 0 amide bonds. The lowest BCUT2D eigenvalue weighted by atomic mass is 10.1. The fourth-order valence-corrected chi connectivity index (χ4v) is 6.38. The normalized spacial score (nSPS) is 11.4. The Hall–Kier alpha value is -2.00. The summed E-state index contributed by atoms with van der Waals surface area (Å²) in [4.78, 5) is 4.68. The van der Waals surface area contributed by atoms with Crippen molar-refractivity contribution in [1.29, 1.82) is 0 Å². The Morgan fingerprint density at radius 2 is 1.63 bits per heavy atom. The molecule has 2 aromatic carbocycles. The first-order valence-corrected chi connectivity index (χ1v) is 11.9. The predicted molar refractivity (Wildman–Crippen MR) is 116 cm³/mol. The molecule has 0 unspecified atom stereocenters. The number of nitrogens with zero attached hydrogens (tertiary/aromatic N) is 1. The van der Waals surface area contributed by atoms with Crippen LogP contribution < -0.4 is 4.72 Å². The van der Waals surface area contributed by atoms with Crippen LogP contribution in [-0.4, -0.2) is 13.4 Å². The number of rotatable bonds is 5. The molecule has 2 aromatic heterocycles. The van der Waals surface area contributed by atoms with E-state index < -0.39 is 10.0 Å². The third-order valence-electron chi connectivity index (χ3n) is 3.77. The number of halogens is 1. The quantitative estimate of drug-likeness (QED) is 0.378. The van der Waals surface area contributed by atoms with Gasteiger partial charge in [0.15, 0.2) is 0 Å². The summed E-state index contributed by atoms with van der Waals surface area (Å²) in [7, 11) is -3.58. The molecular weight excluding hydrogens is 464 g/mol. The van der Waals surface area contributed by atoms with E-state index in [2.05, 4.69) is 25.6 Å². The summed E-state index contributed by atoms with van der Waals surface area (Å²) in [6.07, 6.45) is 0. The van der Waals surface area contributed by atoms with E-state index in [0.717, 1.165) is 25.6 Å². The summed E-state index contributed by atoms with van der Waals surface area (Å²) in [5.74, 6) is 0. The second-order valence-corrected chi connectivity index (χ2v) is 10.9. The topological polar surface area (TPSA) is 59.1 Å². The SMILES string of the molecule is O=S(=O)(Nc1ccc(-c2csc(-c3ccccc3)n2)cc1)c1ccc(Br)s1. The van der Waals surface area contributed by atoms with Crippen molar-refractivity contribution in [2.75, 3.05) is 4.72 Å². The molecule has 4 aromatic rings. The zero-order valence-electron chi connectivity index (χ0n) is 13.8. The first-order valence-electron chi connectivity index (χ1n) is 7.91.